The van der Waals surface area contributed by atoms with Gasteiger partial charge in [0.2, 0.25) is 0 Å². The number of benzene rings is 1. The summed E-state index contributed by atoms with van der Waals surface area (Å²) in [6, 6.07) is 3.91. The summed E-state index contributed by atoms with van der Waals surface area (Å²) in [4.78, 5) is 13.8. The molecule has 1 amide bonds. The average molecular weight is 287 g/mol. The van der Waals surface area contributed by atoms with Gasteiger partial charge < -0.3 is 10.0 Å². The third-order valence-electron chi connectivity index (χ3n) is 3.79. The summed E-state index contributed by atoms with van der Waals surface area (Å²) in [5.74, 6) is -0.138. The molecule has 1 aliphatic rings. The number of carbonyl (C=O) groups is 1. The molecule has 110 valence electrons. The standard InChI is InChI=1S/C14H16F3NO2/c1-9-6-7-18(12(9)8-19)13(20)10-2-4-11(5-3-10)14(15,16)17/h2-5,9,12,19H,6-8H2,1H3. The lowest BCUT2D eigenvalue weighted by atomic mass is 10.0. The van der Waals surface area contributed by atoms with Crippen molar-refractivity contribution in [3.63, 3.8) is 0 Å². The first kappa shape index (κ1) is 14.8. The van der Waals surface area contributed by atoms with Crippen molar-refractivity contribution in [2.24, 2.45) is 5.92 Å². The van der Waals surface area contributed by atoms with Crippen LogP contribution in [0, 0.1) is 5.92 Å². The molecule has 3 nitrogen and oxygen atoms in total. The number of hydrogen-bond donors (Lipinski definition) is 1. The Labute approximate surface area is 115 Å². The van der Waals surface area contributed by atoms with Gasteiger partial charge in [0.25, 0.3) is 5.91 Å². The number of amides is 1. The largest absolute Gasteiger partial charge is 0.416 e. The van der Waals surface area contributed by atoms with Gasteiger partial charge >= 0.3 is 6.18 Å². The van der Waals surface area contributed by atoms with Crippen molar-refractivity contribution in [1.82, 2.24) is 4.90 Å². The smallest absolute Gasteiger partial charge is 0.394 e. The van der Waals surface area contributed by atoms with Crippen LogP contribution in [-0.4, -0.2) is 35.1 Å². The van der Waals surface area contributed by atoms with Crippen LogP contribution >= 0.6 is 0 Å². The number of aliphatic hydroxyl groups excluding tert-OH is 1. The van der Waals surface area contributed by atoms with Gasteiger partial charge in [-0.3, -0.25) is 4.79 Å². The molecule has 2 unspecified atom stereocenters. The Balaban J connectivity index is 2.18. The maximum Gasteiger partial charge on any atom is 0.416 e. The van der Waals surface area contributed by atoms with Gasteiger partial charge in [0.15, 0.2) is 0 Å². The first-order valence-corrected chi connectivity index (χ1v) is 6.43. The quantitative estimate of drug-likeness (QED) is 0.908. The van der Waals surface area contributed by atoms with Crippen LogP contribution in [0.25, 0.3) is 0 Å². The van der Waals surface area contributed by atoms with Crippen LogP contribution in [0.3, 0.4) is 0 Å². The van der Waals surface area contributed by atoms with Crippen molar-refractivity contribution in [2.45, 2.75) is 25.6 Å². The molecule has 1 heterocycles. The van der Waals surface area contributed by atoms with Gasteiger partial charge in [-0.2, -0.15) is 13.2 Å². The number of nitrogens with zero attached hydrogens (tertiary/aromatic N) is 1. The molecule has 1 fully saturated rings. The maximum atomic E-state index is 12.5. The van der Waals surface area contributed by atoms with Gasteiger partial charge in [-0.15, -0.1) is 0 Å². The maximum absolute atomic E-state index is 12.5. The molecule has 0 aliphatic carbocycles. The highest BCUT2D eigenvalue weighted by Crippen LogP contribution is 2.30. The van der Waals surface area contributed by atoms with Crippen molar-refractivity contribution >= 4 is 5.91 Å². The van der Waals surface area contributed by atoms with Crippen molar-refractivity contribution in [3.8, 4) is 0 Å². The molecule has 0 saturated carbocycles. The zero-order valence-electron chi connectivity index (χ0n) is 11.0. The Kier molecular flexibility index (Phi) is 4.04. The second-order valence-electron chi connectivity index (χ2n) is 5.09. The van der Waals surface area contributed by atoms with Gasteiger partial charge in [-0.25, -0.2) is 0 Å². The lowest BCUT2D eigenvalue weighted by molar-refractivity contribution is -0.137. The summed E-state index contributed by atoms with van der Waals surface area (Å²) in [5.41, 5.74) is -0.562. The lowest BCUT2D eigenvalue weighted by Crippen LogP contribution is -2.39. The Hall–Kier alpha value is -1.56. The second-order valence-corrected chi connectivity index (χ2v) is 5.09. The zero-order chi connectivity index (χ0) is 14.9. The first-order chi connectivity index (χ1) is 9.34. The molecule has 2 atom stereocenters. The van der Waals surface area contributed by atoms with Crippen LogP contribution < -0.4 is 0 Å². The van der Waals surface area contributed by atoms with E-state index in [9.17, 15) is 23.1 Å². The molecule has 0 aromatic heterocycles. The number of aliphatic hydroxyl groups is 1. The number of carbonyl (C=O) groups excluding carboxylic acids is 1. The van der Waals surface area contributed by atoms with Crippen LogP contribution in [0.4, 0.5) is 13.2 Å². The SMILES string of the molecule is CC1CCN(C(=O)c2ccc(C(F)(F)F)cc2)C1CO. The van der Waals surface area contributed by atoms with E-state index in [-0.39, 0.29) is 30.0 Å². The third kappa shape index (κ3) is 2.80. The van der Waals surface area contributed by atoms with Crippen LogP contribution in [-0.2, 0) is 6.18 Å². The van der Waals surface area contributed by atoms with E-state index >= 15 is 0 Å². The number of hydrogen-bond acceptors (Lipinski definition) is 2. The van der Waals surface area contributed by atoms with Gasteiger partial charge in [-0.05, 0) is 36.6 Å². The topological polar surface area (TPSA) is 40.5 Å². The molecular weight excluding hydrogens is 271 g/mol. The van der Waals surface area contributed by atoms with E-state index in [4.69, 9.17) is 0 Å². The summed E-state index contributed by atoms with van der Waals surface area (Å²) in [5, 5.41) is 9.31. The summed E-state index contributed by atoms with van der Waals surface area (Å²) in [7, 11) is 0. The summed E-state index contributed by atoms with van der Waals surface area (Å²) >= 11 is 0. The molecule has 0 spiro atoms. The van der Waals surface area contributed by atoms with Crippen LogP contribution in [0.2, 0.25) is 0 Å². The summed E-state index contributed by atoms with van der Waals surface area (Å²) < 4.78 is 37.4. The second kappa shape index (κ2) is 5.44. The van der Waals surface area contributed by atoms with Crippen molar-refractivity contribution in [3.05, 3.63) is 35.4 Å². The molecule has 1 saturated heterocycles. The highest BCUT2D eigenvalue weighted by Gasteiger charge is 2.35. The van der Waals surface area contributed by atoms with Gasteiger partial charge in [0, 0.05) is 12.1 Å². The number of rotatable bonds is 2. The number of alkyl halides is 3. The van der Waals surface area contributed by atoms with Crippen LogP contribution in [0.15, 0.2) is 24.3 Å². The molecule has 1 N–H and O–H groups in total. The molecule has 20 heavy (non-hydrogen) atoms. The fourth-order valence-corrected chi connectivity index (χ4v) is 2.51. The summed E-state index contributed by atoms with van der Waals surface area (Å²) in [6.07, 6.45) is -3.62. The van der Waals surface area contributed by atoms with E-state index in [2.05, 4.69) is 0 Å². The Bertz CT molecular complexity index is 484. The molecule has 1 aromatic carbocycles. The lowest BCUT2D eigenvalue weighted by Gasteiger charge is -2.25. The van der Waals surface area contributed by atoms with Gasteiger partial charge in [0.05, 0.1) is 18.2 Å². The molecule has 0 radical (unpaired) electrons. The number of likely N-dealkylation sites (tertiary alicyclic amines) is 1. The van der Waals surface area contributed by atoms with Crippen LogP contribution in [0.1, 0.15) is 29.3 Å². The van der Waals surface area contributed by atoms with E-state index in [0.717, 1.165) is 18.6 Å². The van der Waals surface area contributed by atoms with Gasteiger partial charge in [0.1, 0.15) is 0 Å². The molecule has 0 bridgehead atoms. The molecule has 2 rings (SSSR count). The monoisotopic (exact) mass is 287 g/mol. The minimum absolute atomic E-state index is 0.131. The minimum Gasteiger partial charge on any atom is -0.394 e. The van der Waals surface area contributed by atoms with E-state index in [1.165, 1.54) is 17.0 Å². The Morgan fingerprint density at radius 3 is 2.45 bits per heavy atom. The fraction of sp³-hybridized carbons (Fsp3) is 0.500. The Morgan fingerprint density at radius 1 is 1.35 bits per heavy atom. The predicted octanol–water partition coefficient (Wildman–Crippen LogP) is 2.55. The average Bonchev–Trinajstić information content (AvgIpc) is 2.78. The van der Waals surface area contributed by atoms with E-state index < -0.39 is 11.7 Å². The minimum atomic E-state index is -4.41. The Morgan fingerprint density at radius 2 is 1.95 bits per heavy atom. The van der Waals surface area contributed by atoms with E-state index in [1.807, 2.05) is 6.92 Å². The number of halogens is 3. The third-order valence-corrected chi connectivity index (χ3v) is 3.79. The molecular formula is C14H16F3NO2. The highest BCUT2D eigenvalue weighted by atomic mass is 19.4. The van der Waals surface area contributed by atoms with Crippen molar-refractivity contribution in [2.75, 3.05) is 13.2 Å². The predicted molar refractivity (Wildman–Crippen MR) is 67.1 cm³/mol. The van der Waals surface area contributed by atoms with Crippen LogP contribution in [0.5, 0.6) is 0 Å². The van der Waals surface area contributed by atoms with Crippen molar-refractivity contribution < 1.29 is 23.1 Å². The van der Waals surface area contributed by atoms with Gasteiger partial charge in [-0.1, -0.05) is 6.92 Å². The molecule has 1 aliphatic heterocycles. The molecule has 6 heteroatoms. The fourth-order valence-electron chi connectivity index (χ4n) is 2.51. The normalized spacial score (nSPS) is 23.1. The van der Waals surface area contributed by atoms with E-state index in [1.54, 1.807) is 0 Å². The summed E-state index contributed by atoms with van der Waals surface area (Å²) in [6.45, 7) is 2.33. The highest BCUT2D eigenvalue weighted by molar-refractivity contribution is 5.94. The van der Waals surface area contributed by atoms with E-state index in [0.29, 0.717) is 6.54 Å². The molecule has 1 aromatic rings. The van der Waals surface area contributed by atoms with Crippen molar-refractivity contribution in [1.29, 1.82) is 0 Å². The zero-order valence-corrected chi connectivity index (χ0v) is 11.0. The first-order valence-electron chi connectivity index (χ1n) is 6.43.